The van der Waals surface area contributed by atoms with Crippen LogP contribution >= 0.6 is 0 Å². The fourth-order valence-electron chi connectivity index (χ4n) is 1.79. The zero-order valence-corrected chi connectivity index (χ0v) is 11.8. The van der Waals surface area contributed by atoms with Gasteiger partial charge in [-0.2, -0.15) is 0 Å². The molecule has 0 aliphatic rings. The van der Waals surface area contributed by atoms with E-state index in [0.29, 0.717) is 23.4 Å². The van der Waals surface area contributed by atoms with Crippen LogP contribution in [0.15, 0.2) is 48.8 Å². The minimum Gasteiger partial charge on any atom is -0.326 e. The van der Waals surface area contributed by atoms with E-state index in [9.17, 15) is 9.59 Å². The van der Waals surface area contributed by atoms with E-state index in [0.717, 1.165) is 6.42 Å². The molecule has 1 aromatic carbocycles. The van der Waals surface area contributed by atoms with Crippen molar-refractivity contribution in [3.05, 3.63) is 54.4 Å². The molecule has 5 nitrogen and oxygen atoms in total. The Morgan fingerprint density at radius 2 is 1.71 bits per heavy atom. The summed E-state index contributed by atoms with van der Waals surface area (Å²) in [6.07, 6.45) is 4.43. The van der Waals surface area contributed by atoms with Gasteiger partial charge in [0.15, 0.2) is 0 Å². The molecule has 0 fully saturated rings. The lowest BCUT2D eigenvalue weighted by molar-refractivity contribution is -0.116. The van der Waals surface area contributed by atoms with Crippen molar-refractivity contribution in [2.75, 3.05) is 10.6 Å². The first kappa shape index (κ1) is 14.7. The molecule has 0 aliphatic carbocycles. The lowest BCUT2D eigenvalue weighted by atomic mass is 10.2. The van der Waals surface area contributed by atoms with Crippen molar-refractivity contribution in [2.24, 2.45) is 0 Å². The number of hydrogen-bond acceptors (Lipinski definition) is 3. The fraction of sp³-hybridized carbons (Fsp3) is 0.188. The largest absolute Gasteiger partial charge is 0.326 e. The maximum Gasteiger partial charge on any atom is 0.257 e. The molecule has 0 saturated heterocycles. The average Bonchev–Trinajstić information content (AvgIpc) is 2.50. The predicted octanol–water partition coefficient (Wildman–Crippen LogP) is 3.07. The van der Waals surface area contributed by atoms with E-state index < -0.39 is 0 Å². The topological polar surface area (TPSA) is 71.1 Å². The maximum absolute atomic E-state index is 11.9. The zero-order chi connectivity index (χ0) is 15.1. The maximum atomic E-state index is 11.9. The van der Waals surface area contributed by atoms with Crippen LogP contribution in [-0.4, -0.2) is 16.8 Å². The highest BCUT2D eigenvalue weighted by Crippen LogP contribution is 2.15. The molecule has 0 spiro atoms. The molecular weight excluding hydrogens is 266 g/mol. The third kappa shape index (κ3) is 4.42. The van der Waals surface area contributed by atoms with Gasteiger partial charge in [-0.1, -0.05) is 6.92 Å². The fourth-order valence-corrected chi connectivity index (χ4v) is 1.79. The molecule has 0 bridgehead atoms. The van der Waals surface area contributed by atoms with Crippen molar-refractivity contribution in [2.45, 2.75) is 19.8 Å². The number of benzene rings is 1. The molecule has 0 radical (unpaired) electrons. The summed E-state index contributed by atoms with van der Waals surface area (Å²) in [6.45, 7) is 1.96. The number of amides is 2. The van der Waals surface area contributed by atoms with Gasteiger partial charge in [-0.05, 0) is 42.8 Å². The minimum atomic E-state index is -0.217. The number of anilines is 2. The number of carbonyl (C=O) groups is 2. The van der Waals surface area contributed by atoms with E-state index in [2.05, 4.69) is 15.6 Å². The molecule has 2 aromatic rings. The molecule has 2 rings (SSSR count). The van der Waals surface area contributed by atoms with Gasteiger partial charge >= 0.3 is 0 Å². The molecule has 1 heterocycles. The van der Waals surface area contributed by atoms with Gasteiger partial charge in [0.05, 0.1) is 5.56 Å². The lowest BCUT2D eigenvalue weighted by Gasteiger charge is -2.07. The van der Waals surface area contributed by atoms with Crippen molar-refractivity contribution in [1.29, 1.82) is 0 Å². The Labute approximate surface area is 123 Å². The molecule has 0 aliphatic heterocycles. The summed E-state index contributed by atoms with van der Waals surface area (Å²) >= 11 is 0. The number of hydrogen-bond donors (Lipinski definition) is 2. The Kier molecular flexibility index (Phi) is 5.04. The summed E-state index contributed by atoms with van der Waals surface area (Å²) in [4.78, 5) is 27.3. The molecule has 5 heteroatoms. The van der Waals surface area contributed by atoms with Crippen LogP contribution in [0.3, 0.4) is 0 Å². The Morgan fingerprint density at radius 3 is 2.29 bits per heavy atom. The van der Waals surface area contributed by atoms with Gasteiger partial charge in [0.25, 0.3) is 5.91 Å². The van der Waals surface area contributed by atoms with Crippen LogP contribution in [0.25, 0.3) is 0 Å². The molecule has 108 valence electrons. The summed E-state index contributed by atoms with van der Waals surface area (Å²) in [7, 11) is 0. The second-order valence-electron chi connectivity index (χ2n) is 4.57. The quantitative estimate of drug-likeness (QED) is 0.885. The van der Waals surface area contributed by atoms with E-state index in [1.54, 1.807) is 42.6 Å². The van der Waals surface area contributed by atoms with Crippen LogP contribution in [0.5, 0.6) is 0 Å². The third-order valence-corrected chi connectivity index (χ3v) is 2.83. The number of pyridine rings is 1. The summed E-state index contributed by atoms with van der Waals surface area (Å²) in [5.41, 5.74) is 1.88. The second-order valence-corrected chi connectivity index (χ2v) is 4.57. The van der Waals surface area contributed by atoms with Gasteiger partial charge in [0.1, 0.15) is 0 Å². The number of nitrogens with zero attached hydrogens (tertiary/aromatic N) is 1. The molecular formula is C16H17N3O2. The van der Waals surface area contributed by atoms with Gasteiger partial charge in [-0.25, -0.2) is 0 Å². The SMILES string of the molecule is CCCC(=O)Nc1ccc(NC(=O)c2cccnc2)cc1. The van der Waals surface area contributed by atoms with Gasteiger partial charge in [0, 0.05) is 30.2 Å². The van der Waals surface area contributed by atoms with E-state index in [4.69, 9.17) is 0 Å². The standard InChI is InChI=1S/C16H17N3O2/c1-2-4-15(20)18-13-6-8-14(9-7-13)19-16(21)12-5-3-10-17-11-12/h3,5-11H,2,4H2,1H3,(H,18,20)(H,19,21). The number of rotatable bonds is 5. The monoisotopic (exact) mass is 283 g/mol. The van der Waals surface area contributed by atoms with Crippen LogP contribution in [0.2, 0.25) is 0 Å². The summed E-state index contributed by atoms with van der Waals surface area (Å²) in [5, 5.41) is 5.57. The highest BCUT2D eigenvalue weighted by Gasteiger charge is 2.06. The summed E-state index contributed by atoms with van der Waals surface area (Å²) in [6, 6.07) is 10.4. The molecule has 1 aromatic heterocycles. The molecule has 0 atom stereocenters. The average molecular weight is 283 g/mol. The molecule has 0 unspecified atom stereocenters. The summed E-state index contributed by atoms with van der Waals surface area (Å²) in [5.74, 6) is -0.226. The predicted molar refractivity (Wildman–Crippen MR) is 82.2 cm³/mol. The normalized spacial score (nSPS) is 9.95. The van der Waals surface area contributed by atoms with Crippen LogP contribution in [-0.2, 0) is 4.79 Å². The Balaban J connectivity index is 1.96. The van der Waals surface area contributed by atoms with Gasteiger partial charge in [0.2, 0.25) is 5.91 Å². The van der Waals surface area contributed by atoms with Crippen molar-refractivity contribution < 1.29 is 9.59 Å². The first-order chi connectivity index (χ1) is 10.2. The first-order valence-corrected chi connectivity index (χ1v) is 6.80. The first-order valence-electron chi connectivity index (χ1n) is 6.80. The van der Waals surface area contributed by atoms with E-state index in [1.807, 2.05) is 6.92 Å². The molecule has 0 saturated carbocycles. The van der Waals surface area contributed by atoms with E-state index >= 15 is 0 Å². The Hall–Kier alpha value is -2.69. The number of nitrogens with one attached hydrogen (secondary N) is 2. The van der Waals surface area contributed by atoms with E-state index in [1.165, 1.54) is 6.20 Å². The minimum absolute atomic E-state index is 0.00959. The van der Waals surface area contributed by atoms with Crippen LogP contribution in [0.4, 0.5) is 11.4 Å². The third-order valence-electron chi connectivity index (χ3n) is 2.83. The van der Waals surface area contributed by atoms with Gasteiger partial charge in [-0.3, -0.25) is 14.6 Å². The van der Waals surface area contributed by atoms with Crippen LogP contribution in [0.1, 0.15) is 30.1 Å². The van der Waals surface area contributed by atoms with Crippen molar-refractivity contribution in [3.63, 3.8) is 0 Å². The highest BCUT2D eigenvalue weighted by molar-refractivity contribution is 6.04. The molecule has 2 amide bonds. The lowest BCUT2D eigenvalue weighted by Crippen LogP contribution is -2.13. The zero-order valence-electron chi connectivity index (χ0n) is 11.8. The number of carbonyl (C=O) groups excluding carboxylic acids is 2. The Bertz CT molecular complexity index is 609. The van der Waals surface area contributed by atoms with Gasteiger partial charge in [-0.15, -0.1) is 0 Å². The second kappa shape index (κ2) is 7.19. The van der Waals surface area contributed by atoms with Crippen molar-refractivity contribution >= 4 is 23.2 Å². The van der Waals surface area contributed by atoms with Crippen LogP contribution < -0.4 is 10.6 Å². The number of aromatic nitrogens is 1. The highest BCUT2D eigenvalue weighted by atomic mass is 16.2. The Morgan fingerprint density at radius 1 is 1.05 bits per heavy atom. The smallest absolute Gasteiger partial charge is 0.257 e. The van der Waals surface area contributed by atoms with Crippen molar-refractivity contribution in [3.8, 4) is 0 Å². The molecule has 21 heavy (non-hydrogen) atoms. The van der Waals surface area contributed by atoms with Crippen LogP contribution in [0, 0.1) is 0 Å². The molecule has 2 N–H and O–H groups in total. The van der Waals surface area contributed by atoms with Crippen molar-refractivity contribution in [1.82, 2.24) is 4.98 Å². The van der Waals surface area contributed by atoms with E-state index in [-0.39, 0.29) is 11.8 Å². The summed E-state index contributed by atoms with van der Waals surface area (Å²) < 4.78 is 0. The van der Waals surface area contributed by atoms with Gasteiger partial charge < -0.3 is 10.6 Å².